The molecule has 1 unspecified atom stereocenters. The second kappa shape index (κ2) is 5.63. The first-order valence-corrected chi connectivity index (χ1v) is 4.77. The van der Waals surface area contributed by atoms with Crippen molar-refractivity contribution >= 4 is 0 Å². The number of rotatable bonds is 5. The number of hydrogen-bond donors (Lipinski definition) is 1. The lowest BCUT2D eigenvalue weighted by atomic mass is 10.1. The lowest BCUT2D eigenvalue weighted by Crippen LogP contribution is -2.37. The van der Waals surface area contributed by atoms with Gasteiger partial charge in [0.2, 0.25) is 0 Å². The van der Waals surface area contributed by atoms with Gasteiger partial charge in [-0.15, -0.1) is 0 Å². The highest BCUT2D eigenvalue weighted by molar-refractivity contribution is 4.86. The Hall–Kier alpha value is -0.200. The molecule has 0 amide bonds. The van der Waals surface area contributed by atoms with Crippen LogP contribution in [0.4, 0.5) is 0 Å². The fourth-order valence-corrected chi connectivity index (χ4v) is 1.66. The van der Waals surface area contributed by atoms with Crippen LogP contribution in [0, 0.1) is 0 Å². The summed E-state index contributed by atoms with van der Waals surface area (Å²) >= 11 is 0. The van der Waals surface area contributed by atoms with E-state index in [1.54, 1.807) is 14.2 Å². The lowest BCUT2D eigenvalue weighted by Gasteiger charge is -2.21. The van der Waals surface area contributed by atoms with Gasteiger partial charge < -0.3 is 24.7 Å². The van der Waals surface area contributed by atoms with Crippen molar-refractivity contribution in [2.45, 2.75) is 31.5 Å². The van der Waals surface area contributed by atoms with Gasteiger partial charge in [0.25, 0.3) is 0 Å². The average molecular weight is 205 g/mol. The van der Waals surface area contributed by atoms with Crippen LogP contribution in [0.5, 0.6) is 0 Å². The Labute approximate surface area is 84.4 Å². The van der Waals surface area contributed by atoms with Crippen LogP contribution >= 0.6 is 0 Å². The van der Waals surface area contributed by atoms with E-state index in [-0.39, 0.29) is 24.6 Å². The minimum atomic E-state index is -0.349. The van der Waals surface area contributed by atoms with E-state index < -0.39 is 0 Å². The maximum Gasteiger partial charge on any atom is 0.186 e. The van der Waals surface area contributed by atoms with Gasteiger partial charge in [-0.3, -0.25) is 0 Å². The van der Waals surface area contributed by atoms with Gasteiger partial charge >= 0.3 is 0 Å². The molecule has 0 spiro atoms. The SMILES string of the molecule is COC1[C@@H](OC)O[C@@H](C)[C@H]1OCCN. The Balaban J connectivity index is 2.53. The van der Waals surface area contributed by atoms with E-state index in [0.29, 0.717) is 13.2 Å². The molecule has 1 aliphatic heterocycles. The van der Waals surface area contributed by atoms with Crippen molar-refractivity contribution in [3.63, 3.8) is 0 Å². The van der Waals surface area contributed by atoms with Crippen molar-refractivity contribution in [3.05, 3.63) is 0 Å². The molecule has 0 radical (unpaired) electrons. The summed E-state index contributed by atoms with van der Waals surface area (Å²) in [4.78, 5) is 0. The van der Waals surface area contributed by atoms with Crippen LogP contribution in [0.2, 0.25) is 0 Å². The third kappa shape index (κ3) is 2.43. The molecule has 4 atom stereocenters. The zero-order chi connectivity index (χ0) is 10.6. The van der Waals surface area contributed by atoms with Crippen molar-refractivity contribution in [1.82, 2.24) is 0 Å². The minimum Gasteiger partial charge on any atom is -0.373 e. The molecule has 1 heterocycles. The van der Waals surface area contributed by atoms with E-state index >= 15 is 0 Å². The Morgan fingerprint density at radius 1 is 1.21 bits per heavy atom. The van der Waals surface area contributed by atoms with Gasteiger partial charge in [-0.1, -0.05) is 0 Å². The molecule has 84 valence electrons. The Kier molecular flexibility index (Phi) is 4.77. The third-order valence-electron chi connectivity index (χ3n) is 2.34. The first-order chi connectivity index (χ1) is 6.74. The summed E-state index contributed by atoms with van der Waals surface area (Å²) < 4.78 is 21.5. The molecule has 1 saturated heterocycles. The zero-order valence-corrected chi connectivity index (χ0v) is 8.93. The predicted molar refractivity (Wildman–Crippen MR) is 50.9 cm³/mol. The van der Waals surface area contributed by atoms with Crippen LogP contribution in [0.1, 0.15) is 6.92 Å². The predicted octanol–water partition coefficient (Wildman–Crippen LogP) is -0.263. The monoisotopic (exact) mass is 205 g/mol. The van der Waals surface area contributed by atoms with Gasteiger partial charge in [0.05, 0.1) is 12.7 Å². The summed E-state index contributed by atoms with van der Waals surface area (Å²) in [5.41, 5.74) is 5.37. The molecule has 0 aromatic heterocycles. The number of hydrogen-bond acceptors (Lipinski definition) is 5. The molecule has 5 heteroatoms. The van der Waals surface area contributed by atoms with Crippen LogP contribution in [-0.4, -0.2) is 52.0 Å². The van der Waals surface area contributed by atoms with Crippen molar-refractivity contribution in [1.29, 1.82) is 0 Å². The zero-order valence-electron chi connectivity index (χ0n) is 8.93. The lowest BCUT2D eigenvalue weighted by molar-refractivity contribution is -0.154. The standard InChI is InChI=1S/C9H19NO4/c1-6-7(13-5-4-10)8(11-2)9(12-3)14-6/h6-9H,4-5,10H2,1-3H3/t6-,7+,8?,9-/m0/s1. The Bertz CT molecular complexity index is 167. The first-order valence-electron chi connectivity index (χ1n) is 4.77. The molecule has 14 heavy (non-hydrogen) atoms. The van der Waals surface area contributed by atoms with Crippen molar-refractivity contribution < 1.29 is 18.9 Å². The van der Waals surface area contributed by atoms with Gasteiger partial charge in [-0.05, 0) is 6.92 Å². The summed E-state index contributed by atoms with van der Waals surface area (Å²) in [5.74, 6) is 0. The van der Waals surface area contributed by atoms with Crippen molar-refractivity contribution in [3.8, 4) is 0 Å². The van der Waals surface area contributed by atoms with Crippen LogP contribution < -0.4 is 5.73 Å². The third-order valence-corrected chi connectivity index (χ3v) is 2.34. The topological polar surface area (TPSA) is 62.9 Å². The van der Waals surface area contributed by atoms with Crippen LogP contribution in [0.15, 0.2) is 0 Å². The average Bonchev–Trinajstić information content (AvgIpc) is 2.51. The van der Waals surface area contributed by atoms with E-state index in [9.17, 15) is 0 Å². The number of ether oxygens (including phenoxy) is 4. The molecule has 1 aliphatic rings. The normalized spacial score (nSPS) is 37.7. The first kappa shape index (κ1) is 11.9. The number of nitrogens with two attached hydrogens (primary N) is 1. The quantitative estimate of drug-likeness (QED) is 0.669. The molecule has 0 aliphatic carbocycles. The van der Waals surface area contributed by atoms with Gasteiger partial charge in [0.1, 0.15) is 12.2 Å². The summed E-state index contributed by atoms with van der Waals surface area (Å²) in [6.07, 6.45) is -0.663. The van der Waals surface area contributed by atoms with E-state index in [4.69, 9.17) is 24.7 Å². The van der Waals surface area contributed by atoms with Crippen LogP contribution in [0.3, 0.4) is 0 Å². The van der Waals surface area contributed by atoms with Crippen LogP contribution in [-0.2, 0) is 18.9 Å². The summed E-state index contributed by atoms with van der Waals surface area (Å²) in [6, 6.07) is 0. The number of methoxy groups -OCH3 is 2. The van der Waals surface area contributed by atoms with E-state index in [1.165, 1.54) is 0 Å². The van der Waals surface area contributed by atoms with Crippen LogP contribution in [0.25, 0.3) is 0 Å². The Morgan fingerprint density at radius 2 is 1.93 bits per heavy atom. The molecule has 0 bridgehead atoms. The molecule has 0 aromatic carbocycles. The molecular weight excluding hydrogens is 186 g/mol. The molecule has 1 fully saturated rings. The summed E-state index contributed by atoms with van der Waals surface area (Å²) in [6.45, 7) is 2.94. The van der Waals surface area contributed by atoms with Crippen molar-refractivity contribution in [2.24, 2.45) is 5.73 Å². The highest BCUT2D eigenvalue weighted by Crippen LogP contribution is 2.26. The highest BCUT2D eigenvalue weighted by atomic mass is 16.7. The van der Waals surface area contributed by atoms with E-state index in [1.807, 2.05) is 6.92 Å². The van der Waals surface area contributed by atoms with Crippen molar-refractivity contribution in [2.75, 3.05) is 27.4 Å². The highest BCUT2D eigenvalue weighted by Gasteiger charge is 2.43. The van der Waals surface area contributed by atoms with Gasteiger partial charge in [0.15, 0.2) is 6.29 Å². The summed E-state index contributed by atoms with van der Waals surface area (Å²) in [5, 5.41) is 0. The minimum absolute atomic E-state index is 0.0311. The van der Waals surface area contributed by atoms with Gasteiger partial charge in [-0.2, -0.15) is 0 Å². The molecule has 0 saturated carbocycles. The second-order valence-electron chi connectivity index (χ2n) is 3.27. The largest absolute Gasteiger partial charge is 0.373 e. The molecule has 5 nitrogen and oxygen atoms in total. The maximum atomic E-state index is 5.54. The molecule has 0 aromatic rings. The Morgan fingerprint density at radius 3 is 2.43 bits per heavy atom. The molecule has 2 N–H and O–H groups in total. The maximum absolute atomic E-state index is 5.54. The second-order valence-corrected chi connectivity index (χ2v) is 3.27. The summed E-state index contributed by atoms with van der Waals surface area (Å²) in [7, 11) is 3.21. The molecular formula is C9H19NO4. The van der Waals surface area contributed by atoms with E-state index in [0.717, 1.165) is 0 Å². The van der Waals surface area contributed by atoms with Gasteiger partial charge in [0, 0.05) is 20.8 Å². The fraction of sp³-hybridized carbons (Fsp3) is 1.00. The smallest absolute Gasteiger partial charge is 0.186 e. The fourth-order valence-electron chi connectivity index (χ4n) is 1.66. The molecule has 1 rings (SSSR count). The van der Waals surface area contributed by atoms with E-state index in [2.05, 4.69) is 0 Å². The van der Waals surface area contributed by atoms with Gasteiger partial charge in [-0.25, -0.2) is 0 Å².